The van der Waals surface area contributed by atoms with Crippen LogP contribution in [0.4, 0.5) is 0 Å². The van der Waals surface area contributed by atoms with Gasteiger partial charge < -0.3 is 9.15 Å². The Hall–Kier alpha value is -2.89. The van der Waals surface area contributed by atoms with Crippen LogP contribution in [-0.2, 0) is 0 Å². The number of rotatable bonds is 5. The van der Waals surface area contributed by atoms with E-state index in [4.69, 9.17) is 9.15 Å². The van der Waals surface area contributed by atoms with Crippen LogP contribution in [-0.4, -0.2) is 27.3 Å². The highest BCUT2D eigenvalue weighted by atomic mass is 16.5. The monoisotopic (exact) mass is 311 g/mol. The summed E-state index contributed by atoms with van der Waals surface area (Å²) in [6, 6.07) is 11.1. The van der Waals surface area contributed by atoms with Crippen LogP contribution < -0.4 is 4.74 Å². The Morgan fingerprint density at radius 1 is 1.26 bits per heavy atom. The van der Waals surface area contributed by atoms with Crippen molar-refractivity contribution >= 4 is 5.91 Å². The largest absolute Gasteiger partial charge is 0.462 e. The highest BCUT2D eigenvalue weighted by Crippen LogP contribution is 2.24. The number of carbonyl (C=O) groups excluding carboxylic acids is 1. The van der Waals surface area contributed by atoms with Crippen LogP contribution in [0.15, 0.2) is 47.1 Å². The molecule has 0 unspecified atom stereocenters. The second kappa shape index (κ2) is 6.48. The number of hydrogen-bond acceptors (Lipinski definition) is 5. The smallest absolute Gasteiger partial charge is 0.336 e. The molecule has 3 aromatic rings. The third kappa shape index (κ3) is 3.01. The Labute approximate surface area is 133 Å². The van der Waals surface area contributed by atoms with Gasteiger partial charge in [-0.1, -0.05) is 31.2 Å². The molecule has 1 aromatic carbocycles. The van der Waals surface area contributed by atoms with Crippen LogP contribution in [0, 0.1) is 6.92 Å². The number of aromatic nitrogens is 3. The minimum Gasteiger partial charge on any atom is -0.462 e. The first-order valence-electron chi connectivity index (χ1n) is 7.44. The van der Waals surface area contributed by atoms with E-state index in [0.29, 0.717) is 12.4 Å². The molecule has 118 valence electrons. The number of carbonyl (C=O) groups is 1. The lowest BCUT2D eigenvalue weighted by Crippen LogP contribution is -2.15. The molecule has 6 heteroatoms. The number of ether oxygens (including phenoxy) is 1. The Balaban J connectivity index is 2.08. The van der Waals surface area contributed by atoms with Crippen molar-refractivity contribution in [2.75, 3.05) is 6.61 Å². The van der Waals surface area contributed by atoms with Crippen LogP contribution in [0.3, 0.4) is 0 Å². The van der Waals surface area contributed by atoms with E-state index in [9.17, 15) is 4.79 Å². The molecule has 0 fully saturated rings. The molecule has 0 aliphatic heterocycles. The fraction of sp³-hybridized carbons (Fsp3) is 0.235. The maximum atomic E-state index is 12.6. The van der Waals surface area contributed by atoms with Gasteiger partial charge in [0.15, 0.2) is 11.6 Å². The average molecular weight is 311 g/mol. The normalized spacial score (nSPS) is 10.7. The van der Waals surface area contributed by atoms with Gasteiger partial charge in [0.1, 0.15) is 0 Å². The van der Waals surface area contributed by atoms with Crippen molar-refractivity contribution in [1.29, 1.82) is 0 Å². The number of hydrogen-bond donors (Lipinski definition) is 0. The maximum Gasteiger partial charge on any atom is 0.336 e. The number of benzene rings is 1. The second-order valence-electron chi connectivity index (χ2n) is 5.08. The number of furan rings is 1. The molecule has 3 rings (SSSR count). The van der Waals surface area contributed by atoms with Gasteiger partial charge in [-0.25, -0.2) is 0 Å². The lowest BCUT2D eigenvalue weighted by atomic mass is 10.1. The van der Waals surface area contributed by atoms with Gasteiger partial charge in [0.05, 0.1) is 12.9 Å². The summed E-state index contributed by atoms with van der Waals surface area (Å²) in [5.41, 5.74) is 1.82. The third-order valence-corrected chi connectivity index (χ3v) is 3.33. The third-order valence-electron chi connectivity index (χ3n) is 3.33. The van der Waals surface area contributed by atoms with E-state index >= 15 is 0 Å². The van der Waals surface area contributed by atoms with E-state index in [1.807, 2.05) is 38.1 Å². The van der Waals surface area contributed by atoms with Gasteiger partial charge in [0.25, 0.3) is 0 Å². The fourth-order valence-electron chi connectivity index (χ4n) is 2.19. The zero-order chi connectivity index (χ0) is 16.2. The van der Waals surface area contributed by atoms with Crippen LogP contribution in [0.2, 0.25) is 0 Å². The van der Waals surface area contributed by atoms with Crippen molar-refractivity contribution in [3.8, 4) is 17.4 Å². The van der Waals surface area contributed by atoms with Gasteiger partial charge in [-0.3, -0.25) is 4.79 Å². The molecule has 0 saturated heterocycles. The molecule has 0 spiro atoms. The quantitative estimate of drug-likeness (QED) is 0.723. The van der Waals surface area contributed by atoms with Crippen molar-refractivity contribution in [2.45, 2.75) is 20.3 Å². The molecule has 23 heavy (non-hydrogen) atoms. The van der Waals surface area contributed by atoms with Crippen molar-refractivity contribution in [1.82, 2.24) is 14.8 Å². The van der Waals surface area contributed by atoms with E-state index in [1.165, 1.54) is 10.9 Å². The summed E-state index contributed by atoms with van der Waals surface area (Å²) in [4.78, 5) is 17.0. The van der Waals surface area contributed by atoms with Crippen molar-refractivity contribution < 1.29 is 13.9 Å². The first-order chi connectivity index (χ1) is 11.2. The molecule has 0 bridgehead atoms. The molecule has 0 N–H and O–H groups in total. The molecule has 2 aromatic heterocycles. The molecule has 0 radical (unpaired) electrons. The summed E-state index contributed by atoms with van der Waals surface area (Å²) >= 11 is 0. The highest BCUT2D eigenvalue weighted by Gasteiger charge is 2.22. The predicted octanol–water partition coefficient (Wildman–Crippen LogP) is 3.32. The number of nitrogens with zero attached hydrogens (tertiary/aromatic N) is 3. The van der Waals surface area contributed by atoms with Crippen molar-refractivity contribution in [3.05, 3.63) is 54.0 Å². The second-order valence-corrected chi connectivity index (χ2v) is 5.08. The summed E-state index contributed by atoms with van der Waals surface area (Å²) in [5.74, 6) is 0.259. The van der Waals surface area contributed by atoms with Gasteiger partial charge in [-0.2, -0.15) is 9.67 Å². The van der Waals surface area contributed by atoms with Gasteiger partial charge in [0, 0.05) is 5.56 Å². The molecule has 0 saturated carbocycles. The van der Waals surface area contributed by atoms with Crippen LogP contribution in [0.5, 0.6) is 6.01 Å². The standard InChI is InChI=1S/C17H17N3O3/c1-3-10-23-17-18-15(13-8-5-4-7-12(13)2)20(19-17)16(21)14-9-6-11-22-14/h4-9,11H,3,10H2,1-2H3. The minimum absolute atomic E-state index is 0.185. The Morgan fingerprint density at radius 2 is 2.09 bits per heavy atom. The Bertz CT molecular complexity index is 806. The summed E-state index contributed by atoms with van der Waals surface area (Å²) in [6.07, 6.45) is 2.28. The van der Waals surface area contributed by atoms with Gasteiger partial charge in [-0.15, -0.1) is 5.10 Å². The zero-order valence-corrected chi connectivity index (χ0v) is 13.0. The Morgan fingerprint density at radius 3 is 2.78 bits per heavy atom. The van der Waals surface area contributed by atoms with Crippen molar-refractivity contribution in [2.24, 2.45) is 0 Å². The van der Waals surface area contributed by atoms with Crippen LogP contribution in [0.1, 0.15) is 29.5 Å². The van der Waals surface area contributed by atoms with E-state index < -0.39 is 0 Å². The first kappa shape index (κ1) is 15.0. The maximum absolute atomic E-state index is 12.6. The summed E-state index contributed by atoms with van der Waals surface area (Å²) < 4.78 is 11.9. The van der Waals surface area contributed by atoms with E-state index in [1.54, 1.807) is 12.1 Å². The van der Waals surface area contributed by atoms with Gasteiger partial charge in [0.2, 0.25) is 0 Å². The van der Waals surface area contributed by atoms with Crippen molar-refractivity contribution in [3.63, 3.8) is 0 Å². The predicted molar refractivity (Wildman–Crippen MR) is 84.4 cm³/mol. The highest BCUT2D eigenvalue weighted by molar-refractivity contribution is 5.95. The van der Waals surface area contributed by atoms with E-state index in [-0.39, 0.29) is 17.7 Å². The summed E-state index contributed by atoms with van der Waals surface area (Å²) in [7, 11) is 0. The molecular weight excluding hydrogens is 294 g/mol. The van der Waals surface area contributed by atoms with E-state index in [0.717, 1.165) is 17.5 Å². The van der Waals surface area contributed by atoms with Gasteiger partial charge in [-0.05, 0) is 31.0 Å². The fourth-order valence-corrected chi connectivity index (χ4v) is 2.19. The first-order valence-corrected chi connectivity index (χ1v) is 7.44. The van der Waals surface area contributed by atoms with Crippen LogP contribution >= 0.6 is 0 Å². The molecule has 0 amide bonds. The average Bonchev–Trinajstić information content (AvgIpc) is 3.22. The van der Waals surface area contributed by atoms with Crippen LogP contribution in [0.25, 0.3) is 11.4 Å². The molecule has 0 aliphatic rings. The molecule has 6 nitrogen and oxygen atoms in total. The Kier molecular flexibility index (Phi) is 4.23. The summed E-state index contributed by atoms with van der Waals surface area (Å²) in [6.45, 7) is 4.44. The molecule has 0 aliphatic carbocycles. The molecule has 0 atom stereocenters. The van der Waals surface area contributed by atoms with E-state index in [2.05, 4.69) is 10.1 Å². The number of aryl methyl sites for hydroxylation is 1. The molecule has 2 heterocycles. The SMILES string of the molecule is CCCOc1nc(-c2ccccc2C)n(C(=O)c2ccco2)n1. The lowest BCUT2D eigenvalue weighted by molar-refractivity contribution is 0.0917. The topological polar surface area (TPSA) is 70.2 Å². The zero-order valence-electron chi connectivity index (χ0n) is 13.0. The van der Waals surface area contributed by atoms with Gasteiger partial charge >= 0.3 is 11.9 Å². The molecular formula is C17H17N3O3. The summed E-state index contributed by atoms with van der Waals surface area (Å²) in [5, 5.41) is 4.19. The minimum atomic E-state index is -0.382. The lowest BCUT2D eigenvalue weighted by Gasteiger charge is -2.05.